The predicted octanol–water partition coefficient (Wildman–Crippen LogP) is 0.599. The Balaban J connectivity index is 2.91. The minimum Gasteiger partial charge on any atom is -0.315 e. The molecule has 84 valence electrons. The molecule has 0 saturated heterocycles. The molecular weight excluding hydrogens is 236 g/mol. The summed E-state index contributed by atoms with van der Waals surface area (Å²) < 4.78 is 25.7. The standard InChI is InChI=1S/C8H12N2O3S2/c1-3-4-5-9-15(12,13)7-6(2)10-8(11)14-7/h3,9H,1,4-5H2,2H3,(H,10,11). The topological polar surface area (TPSA) is 79.0 Å². The summed E-state index contributed by atoms with van der Waals surface area (Å²) in [5.41, 5.74) is 0.371. The van der Waals surface area contributed by atoms with Crippen molar-refractivity contribution in [2.24, 2.45) is 0 Å². The molecule has 1 aromatic rings. The predicted molar refractivity (Wildman–Crippen MR) is 59.7 cm³/mol. The highest BCUT2D eigenvalue weighted by atomic mass is 32.2. The first-order chi connectivity index (χ1) is 6.97. The average Bonchev–Trinajstić information content (AvgIpc) is 2.46. The number of nitrogens with one attached hydrogen (secondary N) is 2. The number of aromatic amines is 1. The zero-order valence-corrected chi connectivity index (χ0v) is 9.87. The highest BCUT2D eigenvalue weighted by Crippen LogP contribution is 2.14. The molecule has 0 saturated carbocycles. The summed E-state index contributed by atoms with van der Waals surface area (Å²) in [6.07, 6.45) is 2.17. The second kappa shape index (κ2) is 4.73. The van der Waals surface area contributed by atoms with Gasteiger partial charge in [-0.25, -0.2) is 13.1 Å². The van der Waals surface area contributed by atoms with Crippen molar-refractivity contribution in [1.29, 1.82) is 0 Å². The van der Waals surface area contributed by atoms with Gasteiger partial charge in [-0.2, -0.15) is 0 Å². The summed E-state index contributed by atoms with van der Waals surface area (Å²) in [4.78, 5) is 13.0. The van der Waals surface area contributed by atoms with Gasteiger partial charge in [0.25, 0.3) is 10.0 Å². The Morgan fingerprint density at radius 3 is 2.73 bits per heavy atom. The fourth-order valence-corrected chi connectivity index (χ4v) is 3.40. The van der Waals surface area contributed by atoms with Crippen molar-refractivity contribution >= 4 is 21.4 Å². The van der Waals surface area contributed by atoms with E-state index in [1.807, 2.05) is 0 Å². The van der Waals surface area contributed by atoms with Crippen molar-refractivity contribution in [1.82, 2.24) is 9.71 Å². The second-order valence-corrected chi connectivity index (χ2v) is 5.85. The number of aromatic nitrogens is 1. The summed E-state index contributed by atoms with van der Waals surface area (Å²) in [7, 11) is -3.55. The molecule has 1 aromatic heterocycles. The normalized spacial score (nSPS) is 11.5. The van der Waals surface area contributed by atoms with Crippen LogP contribution in [0.5, 0.6) is 0 Å². The number of aryl methyl sites for hydroxylation is 1. The lowest BCUT2D eigenvalue weighted by molar-refractivity contribution is 0.583. The average molecular weight is 248 g/mol. The smallest absolute Gasteiger partial charge is 0.305 e. The quantitative estimate of drug-likeness (QED) is 0.591. The molecule has 0 fully saturated rings. The maximum absolute atomic E-state index is 11.6. The largest absolute Gasteiger partial charge is 0.315 e. The number of H-pyrrole nitrogens is 1. The van der Waals surface area contributed by atoms with E-state index in [9.17, 15) is 13.2 Å². The van der Waals surface area contributed by atoms with Crippen LogP contribution in [0.1, 0.15) is 12.1 Å². The van der Waals surface area contributed by atoms with Crippen molar-refractivity contribution < 1.29 is 8.42 Å². The van der Waals surface area contributed by atoms with Gasteiger partial charge in [0.2, 0.25) is 0 Å². The molecule has 0 atom stereocenters. The molecule has 0 aliphatic heterocycles. The molecule has 0 radical (unpaired) electrons. The molecule has 0 bridgehead atoms. The van der Waals surface area contributed by atoms with Crippen LogP contribution in [0.15, 0.2) is 21.7 Å². The van der Waals surface area contributed by atoms with Crippen LogP contribution in [0.3, 0.4) is 0 Å². The minimum absolute atomic E-state index is 0.0524. The van der Waals surface area contributed by atoms with Gasteiger partial charge in [-0.15, -0.1) is 6.58 Å². The summed E-state index contributed by atoms with van der Waals surface area (Å²) in [5.74, 6) is 0. The van der Waals surface area contributed by atoms with Gasteiger partial charge in [-0.05, 0) is 13.3 Å². The van der Waals surface area contributed by atoms with Gasteiger partial charge >= 0.3 is 4.87 Å². The van der Waals surface area contributed by atoms with Crippen LogP contribution in [0.4, 0.5) is 0 Å². The van der Waals surface area contributed by atoms with Crippen molar-refractivity contribution in [3.63, 3.8) is 0 Å². The van der Waals surface area contributed by atoms with Crippen LogP contribution in [0.2, 0.25) is 0 Å². The van der Waals surface area contributed by atoms with E-state index >= 15 is 0 Å². The van der Waals surface area contributed by atoms with E-state index in [4.69, 9.17) is 0 Å². The van der Waals surface area contributed by atoms with Crippen LogP contribution < -0.4 is 9.60 Å². The Bertz CT molecular complexity index is 498. The first-order valence-electron chi connectivity index (χ1n) is 4.27. The molecular formula is C8H12N2O3S2. The van der Waals surface area contributed by atoms with E-state index in [0.29, 0.717) is 23.5 Å². The summed E-state index contributed by atoms with van der Waals surface area (Å²) in [5, 5.41) is 0. The number of sulfonamides is 1. The van der Waals surface area contributed by atoms with Gasteiger partial charge in [0, 0.05) is 12.2 Å². The van der Waals surface area contributed by atoms with Crippen molar-refractivity contribution in [2.45, 2.75) is 17.6 Å². The number of hydrogen-bond acceptors (Lipinski definition) is 4. The van der Waals surface area contributed by atoms with E-state index in [-0.39, 0.29) is 15.6 Å². The van der Waals surface area contributed by atoms with Crippen LogP contribution >= 0.6 is 11.3 Å². The molecule has 2 N–H and O–H groups in total. The van der Waals surface area contributed by atoms with Crippen LogP contribution in [-0.4, -0.2) is 19.9 Å². The fourth-order valence-electron chi connectivity index (χ4n) is 1.01. The molecule has 0 unspecified atom stereocenters. The lowest BCUT2D eigenvalue weighted by Crippen LogP contribution is -2.24. The number of hydrogen-bond donors (Lipinski definition) is 2. The van der Waals surface area contributed by atoms with Gasteiger partial charge in [0.05, 0.1) is 0 Å². The molecule has 0 aliphatic rings. The SMILES string of the molecule is C=CCCNS(=O)(=O)c1sc(=O)[nH]c1C. The molecule has 0 amide bonds. The van der Waals surface area contributed by atoms with Gasteiger partial charge in [-0.1, -0.05) is 17.4 Å². The highest BCUT2D eigenvalue weighted by molar-refractivity contribution is 7.91. The third-order valence-corrected chi connectivity index (χ3v) is 4.73. The fraction of sp³-hybridized carbons (Fsp3) is 0.375. The zero-order chi connectivity index (χ0) is 11.5. The van der Waals surface area contributed by atoms with Crippen molar-refractivity contribution in [2.75, 3.05) is 6.54 Å². The summed E-state index contributed by atoms with van der Waals surface area (Å²) in [6, 6.07) is 0. The molecule has 0 spiro atoms. The Morgan fingerprint density at radius 1 is 1.60 bits per heavy atom. The Kier molecular flexibility index (Phi) is 3.83. The molecule has 1 heterocycles. The van der Waals surface area contributed by atoms with Crippen LogP contribution in [0, 0.1) is 6.92 Å². The molecule has 5 nitrogen and oxygen atoms in total. The van der Waals surface area contributed by atoms with E-state index < -0.39 is 10.0 Å². The Hall–Kier alpha value is -0.920. The Morgan fingerprint density at radius 2 is 2.27 bits per heavy atom. The maximum Gasteiger partial charge on any atom is 0.305 e. The summed E-state index contributed by atoms with van der Waals surface area (Å²) >= 11 is 0.692. The number of thiazole rings is 1. The Labute approximate surface area is 91.9 Å². The second-order valence-electron chi connectivity index (χ2n) is 2.90. The van der Waals surface area contributed by atoms with Gasteiger partial charge in [0.1, 0.15) is 0 Å². The molecule has 1 rings (SSSR count). The lowest BCUT2D eigenvalue weighted by atomic mass is 10.4. The van der Waals surface area contributed by atoms with Crippen molar-refractivity contribution in [3.8, 4) is 0 Å². The molecule has 7 heteroatoms. The highest BCUT2D eigenvalue weighted by Gasteiger charge is 2.19. The minimum atomic E-state index is -3.55. The monoisotopic (exact) mass is 248 g/mol. The summed E-state index contributed by atoms with van der Waals surface area (Å²) in [6.45, 7) is 5.33. The van der Waals surface area contributed by atoms with Crippen molar-refractivity contribution in [3.05, 3.63) is 28.0 Å². The van der Waals surface area contributed by atoms with Gasteiger partial charge in [-0.3, -0.25) is 4.79 Å². The third kappa shape index (κ3) is 3.01. The van der Waals surface area contributed by atoms with E-state index in [1.54, 1.807) is 13.0 Å². The molecule has 15 heavy (non-hydrogen) atoms. The van der Waals surface area contributed by atoms with E-state index in [2.05, 4.69) is 16.3 Å². The maximum atomic E-state index is 11.6. The third-order valence-electron chi connectivity index (χ3n) is 1.67. The first-order valence-corrected chi connectivity index (χ1v) is 6.57. The molecule has 0 aromatic carbocycles. The zero-order valence-electron chi connectivity index (χ0n) is 8.24. The molecule has 0 aliphatic carbocycles. The first kappa shape index (κ1) is 12.2. The van der Waals surface area contributed by atoms with Crippen LogP contribution in [-0.2, 0) is 10.0 Å². The van der Waals surface area contributed by atoms with Gasteiger partial charge < -0.3 is 4.98 Å². The van der Waals surface area contributed by atoms with E-state index in [1.165, 1.54) is 0 Å². The number of rotatable bonds is 5. The van der Waals surface area contributed by atoms with Gasteiger partial charge in [0.15, 0.2) is 4.21 Å². The van der Waals surface area contributed by atoms with E-state index in [0.717, 1.165) is 0 Å². The lowest BCUT2D eigenvalue weighted by Gasteiger charge is -2.02. The van der Waals surface area contributed by atoms with Crippen LogP contribution in [0.25, 0.3) is 0 Å².